The van der Waals surface area contributed by atoms with Gasteiger partial charge in [-0.1, -0.05) is 12.1 Å². The maximum Gasteiger partial charge on any atom is 0.226 e. The molecule has 29 heavy (non-hydrogen) atoms. The van der Waals surface area contributed by atoms with Crippen LogP contribution in [0.4, 0.5) is 4.39 Å². The van der Waals surface area contributed by atoms with Crippen LogP contribution in [0, 0.1) is 5.41 Å². The largest absolute Gasteiger partial charge is 0.489 e. The third-order valence-corrected chi connectivity index (χ3v) is 7.30. The van der Waals surface area contributed by atoms with Gasteiger partial charge in [-0.15, -0.1) is 0 Å². The summed E-state index contributed by atoms with van der Waals surface area (Å²) in [6.07, 6.45) is 7.42. The minimum Gasteiger partial charge on any atom is -0.489 e. The molecule has 1 atom stereocenters. The maximum absolute atomic E-state index is 13.0. The molecule has 3 saturated carbocycles. The van der Waals surface area contributed by atoms with Gasteiger partial charge in [-0.05, 0) is 68.1 Å². The fourth-order valence-electron chi connectivity index (χ4n) is 5.16. The summed E-state index contributed by atoms with van der Waals surface area (Å²) in [5.74, 6) is 0.957. The number of halogens is 1. The summed E-state index contributed by atoms with van der Waals surface area (Å²) in [5, 5.41) is 3.24. The number of carbonyl (C=O) groups excluding carboxylic acids is 1. The first-order valence-corrected chi connectivity index (χ1v) is 10.7. The van der Waals surface area contributed by atoms with E-state index in [9.17, 15) is 9.18 Å². The van der Waals surface area contributed by atoms with E-state index in [1.165, 1.54) is 5.56 Å². The molecule has 4 fully saturated rings. The summed E-state index contributed by atoms with van der Waals surface area (Å²) in [4.78, 5) is 13.0. The van der Waals surface area contributed by atoms with Crippen LogP contribution in [0.3, 0.4) is 0 Å². The normalized spacial score (nSPS) is 31.7. The van der Waals surface area contributed by atoms with Crippen molar-refractivity contribution in [2.45, 2.75) is 56.4 Å². The van der Waals surface area contributed by atoms with Crippen LogP contribution in [0.2, 0.25) is 0 Å². The van der Waals surface area contributed by atoms with Gasteiger partial charge in [0.2, 0.25) is 5.91 Å². The molecule has 0 radical (unpaired) electrons. The standard InChI is InChI=1S/C23H31FN2O3/c24-13-17(14-25)15-29-20-3-1-18(2-4-20)22-6-9-23(10-7-22,11-8-22)21(27)26-19-5-12-28-16-19/h1-4,13,19H,5-12,14-16,25H2,(H,26,27). The molecule has 5 rings (SSSR count). The van der Waals surface area contributed by atoms with Crippen molar-refractivity contribution >= 4 is 5.91 Å². The quantitative estimate of drug-likeness (QED) is 0.733. The van der Waals surface area contributed by atoms with Gasteiger partial charge in [0, 0.05) is 24.1 Å². The second-order valence-electron chi connectivity index (χ2n) is 8.88. The minimum atomic E-state index is -0.190. The Balaban J connectivity index is 1.37. The summed E-state index contributed by atoms with van der Waals surface area (Å²) < 4.78 is 23.6. The van der Waals surface area contributed by atoms with E-state index in [4.69, 9.17) is 15.2 Å². The van der Waals surface area contributed by atoms with Gasteiger partial charge in [-0.25, -0.2) is 4.39 Å². The monoisotopic (exact) mass is 402 g/mol. The molecule has 4 aliphatic rings. The van der Waals surface area contributed by atoms with E-state index < -0.39 is 0 Å². The summed E-state index contributed by atoms with van der Waals surface area (Å²) in [7, 11) is 0. The van der Waals surface area contributed by atoms with Gasteiger partial charge < -0.3 is 20.5 Å². The number of nitrogens with one attached hydrogen (secondary N) is 1. The lowest BCUT2D eigenvalue weighted by Gasteiger charge is -2.53. The van der Waals surface area contributed by atoms with Crippen molar-refractivity contribution in [3.05, 3.63) is 41.7 Å². The number of hydrogen-bond acceptors (Lipinski definition) is 4. The average Bonchev–Trinajstić information content (AvgIpc) is 3.29. The van der Waals surface area contributed by atoms with Crippen LogP contribution in [-0.2, 0) is 14.9 Å². The van der Waals surface area contributed by atoms with Crippen LogP contribution < -0.4 is 15.8 Å². The van der Waals surface area contributed by atoms with Gasteiger partial charge in [0.15, 0.2) is 0 Å². The number of benzene rings is 1. The maximum atomic E-state index is 13.0. The van der Waals surface area contributed by atoms with Crippen molar-refractivity contribution in [1.29, 1.82) is 0 Å². The van der Waals surface area contributed by atoms with Gasteiger partial charge in [-0.3, -0.25) is 4.79 Å². The Morgan fingerprint density at radius 1 is 1.21 bits per heavy atom. The molecule has 1 aromatic carbocycles. The first-order chi connectivity index (χ1) is 14.1. The second-order valence-corrected chi connectivity index (χ2v) is 8.88. The molecule has 1 amide bonds. The Labute approximate surface area is 171 Å². The number of rotatable bonds is 7. The van der Waals surface area contributed by atoms with Crippen molar-refractivity contribution in [2.24, 2.45) is 11.1 Å². The van der Waals surface area contributed by atoms with Gasteiger partial charge >= 0.3 is 0 Å². The average molecular weight is 403 g/mol. The zero-order valence-electron chi connectivity index (χ0n) is 16.9. The zero-order valence-corrected chi connectivity index (χ0v) is 16.9. The molecule has 3 aliphatic carbocycles. The Hall–Kier alpha value is -1.92. The predicted octanol–water partition coefficient (Wildman–Crippen LogP) is 3.37. The number of nitrogens with two attached hydrogens (primary N) is 1. The summed E-state index contributed by atoms with van der Waals surface area (Å²) in [6.45, 7) is 1.72. The molecule has 1 aliphatic heterocycles. The SMILES string of the molecule is NCC(=CF)COc1ccc(C23CCC(C(=O)NC4CCOC4)(CC2)CC3)cc1. The third kappa shape index (κ3) is 4.05. The van der Waals surface area contributed by atoms with E-state index >= 15 is 0 Å². The van der Waals surface area contributed by atoms with Crippen molar-refractivity contribution < 1.29 is 18.7 Å². The summed E-state index contributed by atoms with van der Waals surface area (Å²) in [6, 6.07) is 8.36. The predicted molar refractivity (Wildman–Crippen MR) is 109 cm³/mol. The number of ether oxygens (including phenoxy) is 2. The Bertz CT molecular complexity index is 731. The molecule has 1 unspecified atom stereocenters. The Morgan fingerprint density at radius 2 is 1.90 bits per heavy atom. The first kappa shape index (κ1) is 20.4. The van der Waals surface area contributed by atoms with E-state index in [1.807, 2.05) is 12.1 Å². The van der Waals surface area contributed by atoms with Gasteiger partial charge in [-0.2, -0.15) is 0 Å². The zero-order chi connectivity index (χ0) is 20.3. The van der Waals surface area contributed by atoms with E-state index in [2.05, 4.69) is 17.4 Å². The number of hydrogen-bond donors (Lipinski definition) is 2. The minimum absolute atomic E-state index is 0.154. The van der Waals surface area contributed by atoms with Crippen LogP contribution in [0.25, 0.3) is 0 Å². The highest BCUT2D eigenvalue weighted by Crippen LogP contribution is 2.58. The Morgan fingerprint density at radius 3 is 2.45 bits per heavy atom. The highest BCUT2D eigenvalue weighted by molar-refractivity contribution is 5.83. The third-order valence-electron chi connectivity index (χ3n) is 7.30. The second kappa shape index (κ2) is 8.44. The lowest BCUT2D eigenvalue weighted by atomic mass is 9.51. The molecule has 6 heteroatoms. The van der Waals surface area contributed by atoms with Crippen LogP contribution in [0.1, 0.15) is 50.5 Å². The summed E-state index contributed by atoms with van der Waals surface area (Å²) >= 11 is 0. The van der Waals surface area contributed by atoms with Gasteiger partial charge in [0.05, 0.1) is 19.0 Å². The van der Waals surface area contributed by atoms with Crippen LogP contribution in [0.15, 0.2) is 36.2 Å². The van der Waals surface area contributed by atoms with Gasteiger partial charge in [0.1, 0.15) is 12.4 Å². The lowest BCUT2D eigenvalue weighted by Crippen LogP contribution is -2.53. The van der Waals surface area contributed by atoms with Crippen molar-refractivity contribution in [2.75, 3.05) is 26.4 Å². The highest BCUT2D eigenvalue weighted by Gasteiger charge is 2.53. The van der Waals surface area contributed by atoms with Crippen molar-refractivity contribution in [1.82, 2.24) is 5.32 Å². The van der Waals surface area contributed by atoms with Crippen LogP contribution in [0.5, 0.6) is 5.75 Å². The number of fused-ring (bicyclic) bond motifs is 3. The van der Waals surface area contributed by atoms with Crippen LogP contribution in [-0.4, -0.2) is 38.3 Å². The lowest BCUT2D eigenvalue weighted by molar-refractivity contribution is -0.138. The molecular formula is C23H31FN2O3. The molecule has 158 valence electrons. The molecule has 0 spiro atoms. The van der Waals surface area contributed by atoms with E-state index in [1.54, 1.807) is 0 Å². The number of carbonyl (C=O) groups is 1. The molecule has 1 heterocycles. The molecule has 3 N–H and O–H groups in total. The molecule has 5 nitrogen and oxygen atoms in total. The van der Waals surface area contributed by atoms with E-state index in [0.29, 0.717) is 18.5 Å². The van der Waals surface area contributed by atoms with Crippen molar-refractivity contribution in [3.8, 4) is 5.75 Å². The van der Waals surface area contributed by atoms with Crippen LogP contribution >= 0.6 is 0 Å². The molecule has 1 saturated heterocycles. The summed E-state index contributed by atoms with van der Waals surface area (Å²) in [5.41, 5.74) is 7.20. The molecule has 0 aromatic heterocycles. The smallest absolute Gasteiger partial charge is 0.226 e. The molecule has 1 aromatic rings. The first-order valence-electron chi connectivity index (χ1n) is 10.7. The van der Waals surface area contributed by atoms with E-state index in [0.717, 1.165) is 57.3 Å². The molecular weight excluding hydrogens is 371 g/mol. The highest BCUT2D eigenvalue weighted by atomic mass is 19.1. The molecule has 2 bridgehead atoms. The Kier molecular flexibility index (Phi) is 5.93. The topological polar surface area (TPSA) is 73.6 Å². The fourth-order valence-corrected chi connectivity index (χ4v) is 5.16. The fraction of sp³-hybridized carbons (Fsp3) is 0.609. The van der Waals surface area contributed by atoms with E-state index in [-0.39, 0.29) is 35.9 Å². The number of amides is 1. The van der Waals surface area contributed by atoms with Crippen molar-refractivity contribution in [3.63, 3.8) is 0 Å². The van der Waals surface area contributed by atoms with Gasteiger partial charge in [0.25, 0.3) is 0 Å².